The zero-order valence-corrected chi connectivity index (χ0v) is 10.6. The highest BCUT2D eigenvalue weighted by Gasteiger charge is 2.61. The molecule has 3 atom stereocenters. The Bertz CT molecular complexity index is 521. The maximum absolute atomic E-state index is 12.0. The highest BCUT2D eigenvalue weighted by Crippen LogP contribution is 2.34. The molecule has 1 saturated heterocycles. The number of Topliss-reactive ketones (excluding diaryl/α,β-unsaturated/α-hetero) is 1. The van der Waals surface area contributed by atoms with Crippen LogP contribution in [0, 0.1) is 0 Å². The molecule has 1 aromatic rings. The van der Waals surface area contributed by atoms with Crippen molar-refractivity contribution in [2.75, 3.05) is 13.7 Å². The third-order valence-corrected chi connectivity index (χ3v) is 2.99. The molecule has 110 valence electrons. The van der Waals surface area contributed by atoms with Gasteiger partial charge in [-0.15, -0.1) is 0 Å². The number of aliphatic hydroxyl groups is 3. The average molecular weight is 286 g/mol. The lowest BCUT2D eigenvalue weighted by atomic mass is 9.93. The number of furan rings is 1. The van der Waals surface area contributed by atoms with Gasteiger partial charge < -0.3 is 29.2 Å². The molecule has 0 aromatic carbocycles. The molecule has 2 heterocycles. The second-order valence-corrected chi connectivity index (χ2v) is 4.35. The molecule has 8 heteroatoms. The number of esters is 1. The van der Waals surface area contributed by atoms with Gasteiger partial charge in [-0.1, -0.05) is 0 Å². The molecule has 1 fully saturated rings. The summed E-state index contributed by atoms with van der Waals surface area (Å²) in [6.07, 6.45) is -3.23. The first-order valence-electron chi connectivity index (χ1n) is 5.80. The smallest absolute Gasteiger partial charge is 0.355 e. The van der Waals surface area contributed by atoms with Crippen molar-refractivity contribution in [3.05, 3.63) is 23.7 Å². The lowest BCUT2D eigenvalue weighted by Crippen LogP contribution is -2.43. The molecule has 0 amide bonds. The first-order chi connectivity index (χ1) is 9.44. The lowest BCUT2D eigenvalue weighted by Gasteiger charge is -2.14. The largest absolute Gasteiger partial charge is 0.459 e. The lowest BCUT2D eigenvalue weighted by molar-refractivity contribution is -0.160. The number of rotatable bonds is 5. The van der Waals surface area contributed by atoms with Gasteiger partial charge in [-0.25, -0.2) is 4.79 Å². The fourth-order valence-corrected chi connectivity index (χ4v) is 1.92. The monoisotopic (exact) mass is 286 g/mol. The van der Waals surface area contributed by atoms with Crippen LogP contribution < -0.4 is 0 Å². The van der Waals surface area contributed by atoms with Crippen LogP contribution in [0.1, 0.15) is 11.5 Å². The van der Waals surface area contributed by atoms with Gasteiger partial charge in [-0.3, -0.25) is 4.79 Å². The van der Waals surface area contributed by atoms with Gasteiger partial charge in [0.15, 0.2) is 11.9 Å². The van der Waals surface area contributed by atoms with Crippen molar-refractivity contribution < 1.29 is 38.8 Å². The molecule has 1 aliphatic rings. The van der Waals surface area contributed by atoms with E-state index in [0.29, 0.717) is 5.76 Å². The summed E-state index contributed by atoms with van der Waals surface area (Å²) in [7, 11) is 1.43. The minimum atomic E-state index is -2.62. The van der Waals surface area contributed by atoms with Crippen molar-refractivity contribution in [2.45, 2.75) is 24.4 Å². The average Bonchev–Trinajstić information content (AvgIpc) is 2.98. The second kappa shape index (κ2) is 5.33. The molecular formula is C12H14O8. The number of ketones is 1. The Morgan fingerprint density at radius 2 is 2.15 bits per heavy atom. The molecule has 0 radical (unpaired) electrons. The summed E-state index contributed by atoms with van der Waals surface area (Å²) in [6.45, 7) is -0.686. The van der Waals surface area contributed by atoms with Crippen molar-refractivity contribution in [1.82, 2.24) is 0 Å². The minimum absolute atomic E-state index is 0.0992. The van der Waals surface area contributed by atoms with Gasteiger partial charge in [0.1, 0.15) is 18.5 Å². The van der Waals surface area contributed by atoms with E-state index < -0.39 is 36.2 Å². The number of aliphatic hydroxyl groups excluding tert-OH is 2. The molecule has 2 rings (SSSR count). The topological polar surface area (TPSA) is 126 Å². The minimum Gasteiger partial charge on any atom is -0.459 e. The molecule has 0 saturated carbocycles. The standard InChI is InChI=1S/C12H14O8/c1-18-5-6-2-3-8(19-6)12(17)10(15)9(7(14)4-13)20-11(12)16/h2-3,7,9,13-14,17H,4-5H2,1H3. The van der Waals surface area contributed by atoms with Crippen molar-refractivity contribution in [1.29, 1.82) is 0 Å². The van der Waals surface area contributed by atoms with Crippen molar-refractivity contribution >= 4 is 11.8 Å². The maximum atomic E-state index is 12.0. The van der Waals surface area contributed by atoms with Crippen LogP contribution in [0.5, 0.6) is 0 Å². The van der Waals surface area contributed by atoms with E-state index in [9.17, 15) is 19.8 Å². The summed E-state index contributed by atoms with van der Waals surface area (Å²) >= 11 is 0. The molecule has 0 bridgehead atoms. The number of hydrogen-bond donors (Lipinski definition) is 3. The van der Waals surface area contributed by atoms with E-state index in [1.165, 1.54) is 19.2 Å². The van der Waals surface area contributed by atoms with Crippen LogP contribution in [-0.4, -0.2) is 53.0 Å². The number of ether oxygens (including phenoxy) is 2. The number of methoxy groups -OCH3 is 1. The van der Waals surface area contributed by atoms with Crippen LogP contribution in [-0.2, 0) is 31.3 Å². The Morgan fingerprint density at radius 1 is 1.45 bits per heavy atom. The Balaban J connectivity index is 2.32. The van der Waals surface area contributed by atoms with Crippen molar-refractivity contribution in [3.63, 3.8) is 0 Å². The first-order valence-corrected chi connectivity index (χ1v) is 5.80. The molecule has 3 N–H and O–H groups in total. The highest BCUT2D eigenvalue weighted by molar-refractivity contribution is 6.14. The maximum Gasteiger partial charge on any atom is 0.355 e. The van der Waals surface area contributed by atoms with E-state index in [1.807, 2.05) is 0 Å². The molecule has 0 spiro atoms. The van der Waals surface area contributed by atoms with Crippen LogP contribution in [0.3, 0.4) is 0 Å². The molecule has 1 aromatic heterocycles. The number of hydrogen-bond acceptors (Lipinski definition) is 8. The number of carbonyl (C=O) groups is 2. The molecular weight excluding hydrogens is 272 g/mol. The summed E-state index contributed by atoms with van der Waals surface area (Å²) in [4.78, 5) is 23.8. The van der Waals surface area contributed by atoms with Gasteiger partial charge >= 0.3 is 5.97 Å². The predicted octanol–water partition coefficient (Wildman–Crippen LogP) is -1.54. The SMILES string of the molecule is COCc1ccc(C2(O)C(=O)OC(C(O)CO)C2=O)o1. The second-order valence-electron chi connectivity index (χ2n) is 4.35. The van der Waals surface area contributed by atoms with Gasteiger partial charge in [-0.2, -0.15) is 0 Å². The first kappa shape index (κ1) is 14.7. The Kier molecular flexibility index (Phi) is 3.91. The normalized spacial score (nSPS) is 27.7. The Morgan fingerprint density at radius 3 is 2.75 bits per heavy atom. The number of cyclic esters (lactones) is 1. The van der Waals surface area contributed by atoms with Crippen molar-refractivity contribution in [2.24, 2.45) is 0 Å². The molecule has 3 unspecified atom stereocenters. The van der Waals surface area contributed by atoms with Crippen LogP contribution in [0.4, 0.5) is 0 Å². The quantitative estimate of drug-likeness (QED) is 0.439. The van der Waals surface area contributed by atoms with E-state index in [0.717, 1.165) is 0 Å². The summed E-state index contributed by atoms with van der Waals surface area (Å²) in [5.74, 6) is -2.34. The van der Waals surface area contributed by atoms with E-state index in [-0.39, 0.29) is 12.4 Å². The fourth-order valence-electron chi connectivity index (χ4n) is 1.92. The number of carbonyl (C=O) groups excluding carboxylic acids is 2. The van der Waals surface area contributed by atoms with Crippen LogP contribution in [0.2, 0.25) is 0 Å². The zero-order valence-electron chi connectivity index (χ0n) is 10.6. The van der Waals surface area contributed by atoms with Crippen LogP contribution in [0.15, 0.2) is 16.5 Å². The third kappa shape index (κ3) is 2.12. The fraction of sp³-hybridized carbons (Fsp3) is 0.500. The molecule has 0 aliphatic carbocycles. The summed E-state index contributed by atoms with van der Waals surface area (Å²) in [5, 5.41) is 28.4. The van der Waals surface area contributed by atoms with Gasteiger partial charge in [0, 0.05) is 7.11 Å². The van der Waals surface area contributed by atoms with Gasteiger partial charge in [-0.05, 0) is 12.1 Å². The van der Waals surface area contributed by atoms with E-state index in [4.69, 9.17) is 14.3 Å². The molecule has 8 nitrogen and oxygen atoms in total. The van der Waals surface area contributed by atoms with Crippen molar-refractivity contribution in [3.8, 4) is 0 Å². The Labute approximate surface area is 113 Å². The summed E-state index contributed by atoms with van der Waals surface area (Å²) in [6, 6.07) is 2.69. The summed E-state index contributed by atoms with van der Waals surface area (Å²) < 4.78 is 14.6. The summed E-state index contributed by atoms with van der Waals surface area (Å²) in [5.41, 5.74) is -2.62. The highest BCUT2D eigenvalue weighted by atomic mass is 16.6. The third-order valence-electron chi connectivity index (χ3n) is 2.99. The van der Waals surface area contributed by atoms with Gasteiger partial charge in [0.05, 0.1) is 6.61 Å². The van der Waals surface area contributed by atoms with E-state index >= 15 is 0 Å². The zero-order chi connectivity index (χ0) is 14.9. The van der Waals surface area contributed by atoms with Crippen LogP contribution >= 0.6 is 0 Å². The van der Waals surface area contributed by atoms with Crippen LogP contribution in [0.25, 0.3) is 0 Å². The molecule has 20 heavy (non-hydrogen) atoms. The van der Waals surface area contributed by atoms with Gasteiger partial charge in [0.2, 0.25) is 5.78 Å². The molecule has 1 aliphatic heterocycles. The van der Waals surface area contributed by atoms with E-state index in [2.05, 4.69) is 4.74 Å². The predicted molar refractivity (Wildman–Crippen MR) is 61.3 cm³/mol. The van der Waals surface area contributed by atoms with E-state index in [1.54, 1.807) is 0 Å². The Hall–Kier alpha value is -1.74. The van der Waals surface area contributed by atoms with Gasteiger partial charge in [0.25, 0.3) is 5.60 Å².